The molecule has 0 saturated carbocycles. The third-order valence-corrected chi connectivity index (χ3v) is 4.94. The normalized spacial score (nSPS) is 16.0. The number of piperazine rings is 1. The van der Waals surface area contributed by atoms with Crippen molar-refractivity contribution in [3.05, 3.63) is 59.7 Å². The van der Waals surface area contributed by atoms with Gasteiger partial charge >= 0.3 is 5.97 Å². The van der Waals surface area contributed by atoms with E-state index in [2.05, 4.69) is 21.9 Å². The molecule has 1 heterocycles. The Morgan fingerprint density at radius 1 is 1.07 bits per heavy atom. The number of hydrogen-bond donors (Lipinski definition) is 1. The van der Waals surface area contributed by atoms with Crippen molar-refractivity contribution in [2.24, 2.45) is 0 Å². The predicted molar refractivity (Wildman–Crippen MR) is 104 cm³/mol. The summed E-state index contributed by atoms with van der Waals surface area (Å²) in [5.41, 5.74) is 2.24. The Kier molecular flexibility index (Phi) is 6.32. The number of nitrogens with zero attached hydrogens (tertiary/aromatic N) is 2. The van der Waals surface area contributed by atoms with Crippen LogP contribution in [0.2, 0.25) is 0 Å². The van der Waals surface area contributed by atoms with Crippen molar-refractivity contribution in [1.82, 2.24) is 4.90 Å². The molecule has 6 heteroatoms. The van der Waals surface area contributed by atoms with Gasteiger partial charge in [-0.05, 0) is 29.8 Å². The van der Waals surface area contributed by atoms with Gasteiger partial charge in [-0.25, -0.2) is 4.79 Å². The van der Waals surface area contributed by atoms with Crippen LogP contribution in [0.5, 0.6) is 5.75 Å². The molecule has 0 amide bonds. The van der Waals surface area contributed by atoms with E-state index >= 15 is 0 Å². The van der Waals surface area contributed by atoms with Gasteiger partial charge in [-0.15, -0.1) is 0 Å². The van der Waals surface area contributed by atoms with Gasteiger partial charge in [-0.3, -0.25) is 4.90 Å². The smallest absolute Gasteiger partial charge is 0.341 e. The Morgan fingerprint density at radius 3 is 2.41 bits per heavy atom. The largest absolute Gasteiger partial charge is 0.496 e. The summed E-state index contributed by atoms with van der Waals surface area (Å²) in [6.07, 6.45) is -0.678. The summed E-state index contributed by atoms with van der Waals surface area (Å²) in [6, 6.07) is 15.5. The molecule has 0 radical (unpaired) electrons. The van der Waals surface area contributed by atoms with Gasteiger partial charge in [0, 0.05) is 38.4 Å². The number of carbonyl (C=O) groups is 1. The first kappa shape index (κ1) is 19.2. The lowest BCUT2D eigenvalue weighted by molar-refractivity contribution is 0.0596. The quantitative estimate of drug-likeness (QED) is 0.788. The summed E-state index contributed by atoms with van der Waals surface area (Å²) in [4.78, 5) is 16.5. The molecule has 2 aromatic carbocycles. The molecule has 1 unspecified atom stereocenters. The molecule has 1 aliphatic rings. The zero-order valence-corrected chi connectivity index (χ0v) is 15.8. The van der Waals surface area contributed by atoms with Gasteiger partial charge in [0.1, 0.15) is 11.3 Å². The molecule has 1 aliphatic heterocycles. The number of β-amino-alcohol motifs (C(OH)–C–C–N with tert-alkyl or cyclic N) is 1. The highest BCUT2D eigenvalue weighted by atomic mass is 16.5. The van der Waals surface area contributed by atoms with E-state index in [-0.39, 0.29) is 0 Å². The molecule has 0 aromatic heterocycles. The molecular weight excluding hydrogens is 344 g/mol. The number of anilines is 1. The van der Waals surface area contributed by atoms with Gasteiger partial charge in [0.2, 0.25) is 0 Å². The first-order valence-electron chi connectivity index (χ1n) is 9.09. The fourth-order valence-electron chi connectivity index (χ4n) is 3.38. The molecule has 0 aliphatic carbocycles. The van der Waals surface area contributed by atoms with Crippen LogP contribution in [0, 0.1) is 0 Å². The van der Waals surface area contributed by atoms with Gasteiger partial charge < -0.3 is 19.5 Å². The van der Waals surface area contributed by atoms with Crippen molar-refractivity contribution in [2.45, 2.75) is 6.10 Å². The van der Waals surface area contributed by atoms with Crippen LogP contribution in [-0.4, -0.2) is 62.9 Å². The van der Waals surface area contributed by atoms with E-state index in [0.29, 0.717) is 23.4 Å². The molecule has 1 saturated heterocycles. The van der Waals surface area contributed by atoms with Crippen LogP contribution in [0.25, 0.3) is 0 Å². The average molecular weight is 370 g/mol. The molecule has 6 nitrogen and oxygen atoms in total. The SMILES string of the molecule is COC(=O)c1cc(C(O)CN2CCN(c3ccccc3)CC2)ccc1OC. The maximum Gasteiger partial charge on any atom is 0.341 e. The van der Waals surface area contributed by atoms with Crippen molar-refractivity contribution in [3.8, 4) is 5.75 Å². The Balaban J connectivity index is 1.61. The molecule has 2 aromatic rings. The highest BCUT2D eigenvalue weighted by Crippen LogP contribution is 2.25. The summed E-state index contributed by atoms with van der Waals surface area (Å²) in [7, 11) is 2.83. The van der Waals surface area contributed by atoms with Crippen molar-refractivity contribution in [2.75, 3.05) is 51.8 Å². The Morgan fingerprint density at radius 2 is 1.78 bits per heavy atom. The Hall–Kier alpha value is -2.57. The van der Waals surface area contributed by atoms with Gasteiger partial charge in [0.15, 0.2) is 0 Å². The Bertz CT molecular complexity index is 758. The number of carbonyl (C=O) groups excluding carboxylic acids is 1. The highest BCUT2D eigenvalue weighted by molar-refractivity contribution is 5.92. The van der Waals surface area contributed by atoms with Crippen molar-refractivity contribution in [1.29, 1.82) is 0 Å². The van der Waals surface area contributed by atoms with E-state index in [0.717, 1.165) is 26.2 Å². The second-order valence-corrected chi connectivity index (χ2v) is 6.59. The number of hydrogen-bond acceptors (Lipinski definition) is 6. The number of para-hydroxylation sites is 1. The summed E-state index contributed by atoms with van der Waals surface area (Å²) >= 11 is 0. The molecule has 1 N–H and O–H groups in total. The van der Waals surface area contributed by atoms with E-state index in [1.165, 1.54) is 19.9 Å². The molecule has 3 rings (SSSR count). The van der Waals surface area contributed by atoms with Crippen LogP contribution >= 0.6 is 0 Å². The van der Waals surface area contributed by atoms with Crippen molar-refractivity contribution in [3.63, 3.8) is 0 Å². The number of aliphatic hydroxyl groups excluding tert-OH is 1. The third kappa shape index (κ3) is 4.59. The lowest BCUT2D eigenvalue weighted by Crippen LogP contribution is -2.47. The summed E-state index contributed by atoms with van der Waals surface area (Å²) in [5.74, 6) is -0.0355. The topological polar surface area (TPSA) is 62.2 Å². The first-order chi connectivity index (χ1) is 13.1. The number of esters is 1. The monoisotopic (exact) mass is 370 g/mol. The van der Waals surface area contributed by atoms with Crippen molar-refractivity contribution < 1.29 is 19.4 Å². The molecule has 144 valence electrons. The molecule has 0 spiro atoms. The number of benzene rings is 2. The molecular formula is C21H26N2O4. The van der Waals surface area contributed by atoms with E-state index in [9.17, 15) is 9.90 Å². The fourth-order valence-corrected chi connectivity index (χ4v) is 3.38. The zero-order valence-electron chi connectivity index (χ0n) is 15.8. The van der Waals surface area contributed by atoms with E-state index in [1.807, 2.05) is 18.2 Å². The van der Waals surface area contributed by atoms with Crippen LogP contribution in [-0.2, 0) is 4.74 Å². The second-order valence-electron chi connectivity index (χ2n) is 6.59. The van der Waals surface area contributed by atoms with Crippen LogP contribution in [0.15, 0.2) is 48.5 Å². The highest BCUT2D eigenvalue weighted by Gasteiger charge is 2.22. The van der Waals surface area contributed by atoms with Crippen LogP contribution in [0.1, 0.15) is 22.0 Å². The summed E-state index contributed by atoms with van der Waals surface area (Å²) < 4.78 is 10.0. The molecule has 27 heavy (non-hydrogen) atoms. The van der Waals surface area contributed by atoms with Crippen molar-refractivity contribution >= 4 is 11.7 Å². The van der Waals surface area contributed by atoms with E-state index in [4.69, 9.17) is 9.47 Å². The molecule has 0 bridgehead atoms. The van der Waals surface area contributed by atoms with Gasteiger partial charge in [-0.1, -0.05) is 24.3 Å². The molecule has 1 atom stereocenters. The minimum absolute atomic E-state index is 0.324. The molecule has 1 fully saturated rings. The summed E-state index contributed by atoms with van der Waals surface area (Å²) in [6.45, 7) is 4.13. The Labute approximate surface area is 159 Å². The standard InChI is InChI=1S/C21H26N2O4/c1-26-20-9-8-16(14-18(20)21(25)27-2)19(24)15-22-10-12-23(13-11-22)17-6-4-3-5-7-17/h3-9,14,19,24H,10-13,15H2,1-2H3. The minimum Gasteiger partial charge on any atom is -0.496 e. The number of rotatable bonds is 6. The maximum atomic E-state index is 11.9. The average Bonchev–Trinajstić information content (AvgIpc) is 2.73. The predicted octanol–water partition coefficient (Wildman–Crippen LogP) is 2.34. The minimum atomic E-state index is -0.678. The lowest BCUT2D eigenvalue weighted by atomic mass is 10.0. The summed E-state index contributed by atoms with van der Waals surface area (Å²) in [5, 5.41) is 10.7. The number of ether oxygens (including phenoxy) is 2. The van der Waals surface area contributed by atoms with Gasteiger partial charge in [0.05, 0.1) is 20.3 Å². The number of aliphatic hydroxyl groups is 1. The van der Waals surface area contributed by atoms with Gasteiger partial charge in [-0.2, -0.15) is 0 Å². The maximum absolute atomic E-state index is 11.9. The van der Waals surface area contributed by atoms with Crippen LogP contribution in [0.4, 0.5) is 5.69 Å². The van der Waals surface area contributed by atoms with E-state index < -0.39 is 12.1 Å². The van der Waals surface area contributed by atoms with Gasteiger partial charge in [0.25, 0.3) is 0 Å². The van der Waals surface area contributed by atoms with E-state index in [1.54, 1.807) is 18.2 Å². The lowest BCUT2D eigenvalue weighted by Gasteiger charge is -2.37. The zero-order chi connectivity index (χ0) is 19.2. The van der Waals surface area contributed by atoms with Crippen LogP contribution in [0.3, 0.4) is 0 Å². The first-order valence-corrected chi connectivity index (χ1v) is 9.09. The second kappa shape index (κ2) is 8.88. The fraction of sp³-hybridized carbons (Fsp3) is 0.381. The van der Waals surface area contributed by atoms with Crippen LogP contribution < -0.4 is 9.64 Å². The number of methoxy groups -OCH3 is 2. The third-order valence-electron chi connectivity index (χ3n) is 4.94.